The van der Waals surface area contributed by atoms with Crippen LogP contribution in [0.5, 0.6) is 0 Å². The van der Waals surface area contributed by atoms with Crippen molar-refractivity contribution in [3.8, 4) is 0 Å². The van der Waals surface area contributed by atoms with E-state index in [9.17, 15) is 0 Å². The first-order valence-corrected chi connectivity index (χ1v) is 2.72. The Kier molecular flexibility index (Phi) is 5.85. The molecule has 0 N–H and O–H groups in total. The average molecular weight is 113 g/mol. The van der Waals surface area contributed by atoms with Crippen molar-refractivity contribution < 1.29 is 4.43 Å². The second kappa shape index (κ2) is 5.92. The number of allylic oxidation sites excluding steroid dienone is 1. The zero-order valence-electron chi connectivity index (χ0n) is 4.31. The molecule has 0 heterocycles. The molecule has 0 spiro atoms. The van der Waals surface area contributed by atoms with E-state index in [1.54, 1.807) is 0 Å². The van der Waals surface area contributed by atoms with Crippen LogP contribution in [0, 0.1) is 0 Å². The van der Waals surface area contributed by atoms with Crippen molar-refractivity contribution >= 4 is 10.5 Å². The number of rotatable bonds is 4. The van der Waals surface area contributed by atoms with Crippen molar-refractivity contribution in [2.24, 2.45) is 0 Å². The third-order valence-corrected chi connectivity index (χ3v) is 0.859. The van der Waals surface area contributed by atoms with Crippen molar-refractivity contribution in [1.29, 1.82) is 0 Å². The normalized spacial score (nSPS) is 8.71. The van der Waals surface area contributed by atoms with Crippen LogP contribution in [0.15, 0.2) is 12.7 Å². The Hall–Kier alpha value is -0.0831. The Morgan fingerprint density at radius 3 is 2.86 bits per heavy atom. The van der Waals surface area contributed by atoms with E-state index in [0.29, 0.717) is 0 Å². The van der Waals surface area contributed by atoms with E-state index in [4.69, 9.17) is 0 Å². The fraction of sp³-hybridized carbons (Fsp3) is 0.600. The molecule has 0 unspecified atom stereocenters. The molecule has 0 aromatic heterocycles. The van der Waals surface area contributed by atoms with Crippen LogP contribution in [0.4, 0.5) is 0 Å². The van der Waals surface area contributed by atoms with Crippen molar-refractivity contribution in [1.82, 2.24) is 0 Å². The number of hydrogen-bond donors (Lipinski definition) is 0. The van der Waals surface area contributed by atoms with Gasteiger partial charge >= 0.3 is 0 Å². The largest absolute Gasteiger partial charge is 0.419 e. The van der Waals surface area contributed by atoms with E-state index in [2.05, 4.69) is 21.5 Å². The Morgan fingerprint density at radius 2 is 2.43 bits per heavy atom. The molecule has 0 atom stereocenters. The summed E-state index contributed by atoms with van der Waals surface area (Å²) in [5.74, 6) is 0. The van der Waals surface area contributed by atoms with Crippen LogP contribution in [0.1, 0.15) is 12.8 Å². The van der Waals surface area contributed by atoms with Crippen LogP contribution in [-0.4, -0.2) is 17.1 Å². The molecule has 0 bridgehead atoms. The lowest BCUT2D eigenvalue weighted by molar-refractivity contribution is 0.343. The molecule has 7 heavy (non-hydrogen) atoms. The van der Waals surface area contributed by atoms with Crippen LogP contribution < -0.4 is 0 Å². The maximum absolute atomic E-state index is 4.60. The summed E-state index contributed by atoms with van der Waals surface area (Å²) in [6.45, 7) is 4.33. The first-order chi connectivity index (χ1) is 3.41. The van der Waals surface area contributed by atoms with Crippen molar-refractivity contribution in [2.45, 2.75) is 12.8 Å². The van der Waals surface area contributed by atoms with Gasteiger partial charge in [-0.25, -0.2) is 0 Å². The summed E-state index contributed by atoms with van der Waals surface area (Å²) in [7, 11) is 2.89. The summed E-state index contributed by atoms with van der Waals surface area (Å²) in [4.78, 5) is 0. The van der Waals surface area contributed by atoms with Gasteiger partial charge in [-0.05, 0) is 12.8 Å². The minimum atomic E-state index is 0.767. The summed E-state index contributed by atoms with van der Waals surface area (Å²) >= 11 is 0. The molecule has 0 fully saturated rings. The maximum Gasteiger partial charge on any atom is 0.246 e. The Bertz CT molecular complexity index is 45.3. The van der Waals surface area contributed by atoms with E-state index in [0.717, 1.165) is 19.4 Å². The van der Waals surface area contributed by atoms with Crippen molar-refractivity contribution in [2.75, 3.05) is 6.61 Å². The van der Waals surface area contributed by atoms with Gasteiger partial charge < -0.3 is 4.43 Å². The van der Waals surface area contributed by atoms with E-state index in [1.807, 2.05) is 6.08 Å². The summed E-state index contributed by atoms with van der Waals surface area (Å²) in [5, 5.41) is 0. The highest BCUT2D eigenvalue weighted by molar-refractivity contribution is 5.97. The topological polar surface area (TPSA) is 9.23 Å². The van der Waals surface area contributed by atoms with Gasteiger partial charge in [0.25, 0.3) is 0 Å². The van der Waals surface area contributed by atoms with Crippen LogP contribution in [-0.2, 0) is 4.43 Å². The fourth-order valence-electron chi connectivity index (χ4n) is 0.300. The van der Waals surface area contributed by atoms with E-state index in [-0.39, 0.29) is 0 Å². The molecule has 2 heteroatoms. The molecule has 0 amide bonds. The average Bonchev–Trinajstić information content (AvgIpc) is 1.69. The lowest BCUT2D eigenvalue weighted by atomic mass is 10.3. The molecular formula is C5H9OSi. The Morgan fingerprint density at radius 1 is 1.71 bits per heavy atom. The lowest BCUT2D eigenvalue weighted by Crippen LogP contribution is -1.86. The van der Waals surface area contributed by atoms with Crippen LogP contribution in [0.2, 0.25) is 0 Å². The molecule has 0 aliphatic heterocycles. The maximum atomic E-state index is 4.60. The quantitative estimate of drug-likeness (QED) is 0.301. The highest BCUT2D eigenvalue weighted by atomic mass is 28.2. The van der Waals surface area contributed by atoms with Crippen molar-refractivity contribution in [3.05, 3.63) is 12.7 Å². The smallest absolute Gasteiger partial charge is 0.246 e. The lowest BCUT2D eigenvalue weighted by Gasteiger charge is -1.90. The predicted molar refractivity (Wildman–Crippen MR) is 31.1 cm³/mol. The van der Waals surface area contributed by atoms with Gasteiger partial charge in [0.05, 0.1) is 0 Å². The van der Waals surface area contributed by atoms with E-state index in [1.165, 1.54) is 0 Å². The predicted octanol–water partition coefficient (Wildman–Crippen LogP) is 1.05. The summed E-state index contributed by atoms with van der Waals surface area (Å²) in [5.41, 5.74) is 0. The second-order valence-electron chi connectivity index (χ2n) is 1.28. The molecule has 0 aromatic carbocycles. The van der Waals surface area contributed by atoms with E-state index >= 15 is 0 Å². The minimum Gasteiger partial charge on any atom is -0.419 e. The van der Waals surface area contributed by atoms with Gasteiger partial charge in [0.15, 0.2) is 0 Å². The van der Waals surface area contributed by atoms with Gasteiger partial charge in [0.1, 0.15) is 0 Å². The fourth-order valence-corrected chi connectivity index (χ4v) is 0.444. The Labute approximate surface area is 47.9 Å². The first kappa shape index (κ1) is 6.92. The van der Waals surface area contributed by atoms with Gasteiger partial charge in [-0.2, -0.15) is 0 Å². The number of unbranched alkanes of at least 4 members (excludes halogenated alkanes) is 1. The zero-order valence-corrected chi connectivity index (χ0v) is 5.31. The van der Waals surface area contributed by atoms with Gasteiger partial charge in [-0.3, -0.25) is 0 Å². The van der Waals surface area contributed by atoms with E-state index < -0.39 is 0 Å². The van der Waals surface area contributed by atoms with Crippen molar-refractivity contribution in [3.63, 3.8) is 0 Å². The molecule has 1 nitrogen and oxygen atoms in total. The van der Waals surface area contributed by atoms with Gasteiger partial charge in [-0.1, -0.05) is 6.08 Å². The minimum absolute atomic E-state index is 0.767. The second-order valence-corrected chi connectivity index (χ2v) is 1.57. The summed E-state index contributed by atoms with van der Waals surface area (Å²) in [6, 6.07) is 0. The van der Waals surface area contributed by atoms with Gasteiger partial charge in [-0.15, -0.1) is 6.58 Å². The zero-order chi connectivity index (χ0) is 5.54. The number of hydrogen-bond acceptors (Lipinski definition) is 1. The molecule has 0 aliphatic carbocycles. The molecule has 0 aromatic rings. The highest BCUT2D eigenvalue weighted by Gasteiger charge is 1.77. The molecule has 3 radical (unpaired) electrons. The molecule has 39 valence electrons. The third-order valence-electron chi connectivity index (χ3n) is 0.655. The molecule has 0 saturated carbocycles. The van der Waals surface area contributed by atoms with Crippen LogP contribution in [0.25, 0.3) is 0 Å². The van der Waals surface area contributed by atoms with Crippen LogP contribution in [0.3, 0.4) is 0 Å². The van der Waals surface area contributed by atoms with Gasteiger partial charge in [0, 0.05) is 6.61 Å². The monoisotopic (exact) mass is 113 g/mol. The summed E-state index contributed by atoms with van der Waals surface area (Å²) < 4.78 is 4.60. The standard InChI is InChI=1S/C5H9OSi/c1-2-3-4-5-6-7/h2H,1,3-5H2. The molecule has 0 saturated heterocycles. The molecule has 0 aliphatic rings. The van der Waals surface area contributed by atoms with Gasteiger partial charge in [0.2, 0.25) is 10.5 Å². The molecule has 0 rings (SSSR count). The summed E-state index contributed by atoms with van der Waals surface area (Å²) in [6.07, 6.45) is 3.96. The van der Waals surface area contributed by atoms with Crippen LogP contribution >= 0.6 is 0 Å². The third kappa shape index (κ3) is 5.92. The highest BCUT2D eigenvalue weighted by Crippen LogP contribution is 1.86. The SMILES string of the molecule is C=CCCCO[Si]. The Balaban J connectivity index is 2.56. The molecular weight excluding hydrogens is 104 g/mol. The first-order valence-electron chi connectivity index (χ1n) is 2.31.